The predicted molar refractivity (Wildman–Crippen MR) is 87.0 cm³/mol. The third-order valence-corrected chi connectivity index (χ3v) is 4.25. The van der Waals surface area contributed by atoms with Crippen LogP contribution in [-0.4, -0.2) is 17.5 Å². The van der Waals surface area contributed by atoms with Gasteiger partial charge < -0.3 is 9.30 Å². The number of carbonyl (C=O) groups excluding carboxylic acids is 1. The topological polar surface area (TPSA) is 31.2 Å². The molecule has 3 heteroatoms. The smallest absolute Gasteiger partial charge is 0.132 e. The lowest BCUT2D eigenvalue weighted by Crippen LogP contribution is -1.98. The zero-order valence-electron chi connectivity index (χ0n) is 13.5. The van der Waals surface area contributed by atoms with Crippen LogP contribution in [0.3, 0.4) is 0 Å². The van der Waals surface area contributed by atoms with E-state index in [1.54, 1.807) is 7.11 Å². The summed E-state index contributed by atoms with van der Waals surface area (Å²) in [5.74, 6) is 1.70. The molecule has 0 bridgehead atoms. The van der Waals surface area contributed by atoms with Crippen molar-refractivity contribution in [2.75, 3.05) is 7.11 Å². The highest BCUT2D eigenvalue weighted by Crippen LogP contribution is 2.32. The van der Waals surface area contributed by atoms with Crippen LogP contribution in [0.25, 0.3) is 10.9 Å². The Morgan fingerprint density at radius 1 is 1.38 bits per heavy atom. The van der Waals surface area contributed by atoms with Gasteiger partial charge in [0, 0.05) is 37.0 Å². The highest BCUT2D eigenvalue weighted by Gasteiger charge is 2.14. The van der Waals surface area contributed by atoms with E-state index in [-0.39, 0.29) is 0 Å². The van der Waals surface area contributed by atoms with Crippen molar-refractivity contribution >= 4 is 16.7 Å². The molecule has 0 aliphatic rings. The van der Waals surface area contributed by atoms with E-state index in [1.165, 1.54) is 16.5 Å². The van der Waals surface area contributed by atoms with Gasteiger partial charge in [0.1, 0.15) is 11.5 Å². The summed E-state index contributed by atoms with van der Waals surface area (Å²) < 4.78 is 7.50. The molecule has 0 N–H and O–H groups in total. The van der Waals surface area contributed by atoms with Crippen molar-refractivity contribution < 1.29 is 9.53 Å². The second kappa shape index (κ2) is 6.79. The molecular weight excluding hydrogens is 262 g/mol. The van der Waals surface area contributed by atoms with Crippen LogP contribution in [0.1, 0.15) is 51.0 Å². The number of carbonyl (C=O) groups is 1. The Kier molecular flexibility index (Phi) is 5.05. The molecule has 1 aromatic heterocycles. The van der Waals surface area contributed by atoms with E-state index < -0.39 is 0 Å². The number of hydrogen-bond donors (Lipinski definition) is 0. The van der Waals surface area contributed by atoms with Crippen molar-refractivity contribution in [2.24, 2.45) is 7.05 Å². The summed E-state index contributed by atoms with van der Waals surface area (Å²) in [6.07, 6.45) is 5.57. The van der Waals surface area contributed by atoms with Crippen LogP contribution in [0.5, 0.6) is 5.75 Å². The SMILES string of the molecule is CCC(=O)CCCC(C)c1cn(C)c2ccc(OC)cc12. The number of nitrogens with zero attached hydrogens (tertiary/aromatic N) is 1. The van der Waals surface area contributed by atoms with Gasteiger partial charge in [-0.2, -0.15) is 0 Å². The fourth-order valence-corrected chi connectivity index (χ4v) is 2.86. The Labute approximate surface area is 126 Å². The van der Waals surface area contributed by atoms with Crippen LogP contribution in [0.15, 0.2) is 24.4 Å². The summed E-state index contributed by atoms with van der Waals surface area (Å²) >= 11 is 0. The lowest BCUT2D eigenvalue weighted by molar-refractivity contribution is -0.118. The fourth-order valence-electron chi connectivity index (χ4n) is 2.86. The highest BCUT2D eigenvalue weighted by atomic mass is 16.5. The first-order valence-electron chi connectivity index (χ1n) is 7.71. The Bertz CT molecular complexity index is 627. The van der Waals surface area contributed by atoms with Crippen LogP contribution in [0, 0.1) is 0 Å². The number of benzene rings is 1. The molecule has 0 aliphatic carbocycles. The lowest BCUT2D eigenvalue weighted by Gasteiger charge is -2.10. The molecule has 0 amide bonds. The molecule has 2 rings (SSSR count). The van der Waals surface area contributed by atoms with Crippen molar-refractivity contribution in [3.05, 3.63) is 30.0 Å². The van der Waals surface area contributed by atoms with E-state index in [2.05, 4.69) is 36.9 Å². The Morgan fingerprint density at radius 3 is 2.81 bits per heavy atom. The van der Waals surface area contributed by atoms with Gasteiger partial charge in [0.15, 0.2) is 0 Å². The summed E-state index contributed by atoms with van der Waals surface area (Å²) in [5, 5.41) is 1.26. The normalized spacial score (nSPS) is 12.6. The minimum Gasteiger partial charge on any atom is -0.497 e. The van der Waals surface area contributed by atoms with Crippen molar-refractivity contribution in [3.8, 4) is 5.75 Å². The number of aryl methyl sites for hydroxylation is 1. The fraction of sp³-hybridized carbons (Fsp3) is 0.500. The van der Waals surface area contributed by atoms with Gasteiger partial charge in [-0.3, -0.25) is 4.79 Å². The van der Waals surface area contributed by atoms with Gasteiger partial charge in [-0.05, 0) is 42.5 Å². The largest absolute Gasteiger partial charge is 0.497 e. The standard InChI is InChI=1S/C18H25NO2/c1-5-14(20)8-6-7-13(2)17-12-19(3)18-10-9-15(21-4)11-16(17)18/h9-13H,5-8H2,1-4H3. The maximum Gasteiger partial charge on any atom is 0.132 e. The number of rotatable bonds is 7. The monoisotopic (exact) mass is 287 g/mol. The van der Waals surface area contributed by atoms with Gasteiger partial charge in [0.2, 0.25) is 0 Å². The molecule has 0 radical (unpaired) electrons. The number of fused-ring (bicyclic) bond motifs is 1. The molecule has 21 heavy (non-hydrogen) atoms. The predicted octanol–water partition coefficient (Wildman–Crippen LogP) is 4.44. The number of Topliss-reactive ketones (excluding diaryl/α,β-unsaturated/α-hetero) is 1. The van der Waals surface area contributed by atoms with Crippen LogP contribution in [-0.2, 0) is 11.8 Å². The van der Waals surface area contributed by atoms with Crippen molar-refractivity contribution in [3.63, 3.8) is 0 Å². The summed E-state index contributed by atoms with van der Waals surface area (Å²) in [6, 6.07) is 6.21. The molecular formula is C18H25NO2. The molecule has 1 heterocycles. The van der Waals surface area contributed by atoms with Crippen LogP contribution >= 0.6 is 0 Å². The molecule has 1 atom stereocenters. The molecule has 114 valence electrons. The third kappa shape index (κ3) is 3.46. The highest BCUT2D eigenvalue weighted by molar-refractivity contribution is 5.86. The van der Waals surface area contributed by atoms with E-state index in [0.29, 0.717) is 24.5 Å². The zero-order valence-corrected chi connectivity index (χ0v) is 13.5. The van der Waals surface area contributed by atoms with Crippen molar-refractivity contribution in [1.82, 2.24) is 4.57 Å². The minimum absolute atomic E-state index is 0.363. The molecule has 3 nitrogen and oxygen atoms in total. The van der Waals surface area contributed by atoms with Crippen LogP contribution in [0.2, 0.25) is 0 Å². The molecule has 1 aromatic carbocycles. The first-order chi connectivity index (χ1) is 10.1. The summed E-state index contributed by atoms with van der Waals surface area (Å²) in [6.45, 7) is 4.17. The molecule has 2 aromatic rings. The van der Waals surface area contributed by atoms with Gasteiger partial charge in [-0.25, -0.2) is 0 Å². The second-order valence-corrected chi connectivity index (χ2v) is 5.76. The van der Waals surface area contributed by atoms with E-state index in [9.17, 15) is 4.79 Å². The number of hydrogen-bond acceptors (Lipinski definition) is 2. The van der Waals surface area contributed by atoms with E-state index >= 15 is 0 Å². The molecule has 0 spiro atoms. The average molecular weight is 287 g/mol. The molecule has 0 fully saturated rings. The van der Waals surface area contributed by atoms with Gasteiger partial charge in [0.25, 0.3) is 0 Å². The third-order valence-electron chi connectivity index (χ3n) is 4.25. The quantitative estimate of drug-likeness (QED) is 0.754. The van der Waals surface area contributed by atoms with Gasteiger partial charge in [-0.1, -0.05) is 13.8 Å². The summed E-state index contributed by atoms with van der Waals surface area (Å²) in [4.78, 5) is 11.4. The number of aromatic nitrogens is 1. The Hall–Kier alpha value is -1.77. The molecule has 0 saturated carbocycles. The second-order valence-electron chi connectivity index (χ2n) is 5.76. The molecule has 1 unspecified atom stereocenters. The summed E-state index contributed by atoms with van der Waals surface area (Å²) in [5.41, 5.74) is 2.57. The minimum atomic E-state index is 0.363. The first kappa shape index (κ1) is 15.6. The number of ketones is 1. The Morgan fingerprint density at radius 2 is 2.14 bits per heavy atom. The van der Waals surface area contributed by atoms with Crippen molar-refractivity contribution in [2.45, 2.75) is 45.4 Å². The molecule has 0 saturated heterocycles. The Balaban J connectivity index is 2.18. The zero-order chi connectivity index (χ0) is 15.4. The van der Waals surface area contributed by atoms with E-state index in [4.69, 9.17) is 4.74 Å². The summed E-state index contributed by atoms with van der Waals surface area (Å²) in [7, 11) is 3.77. The van der Waals surface area contributed by atoms with E-state index in [0.717, 1.165) is 18.6 Å². The number of ether oxygens (including phenoxy) is 1. The maximum atomic E-state index is 11.4. The van der Waals surface area contributed by atoms with Gasteiger partial charge in [-0.15, -0.1) is 0 Å². The van der Waals surface area contributed by atoms with Crippen LogP contribution in [0.4, 0.5) is 0 Å². The maximum absolute atomic E-state index is 11.4. The first-order valence-corrected chi connectivity index (χ1v) is 7.71. The van der Waals surface area contributed by atoms with E-state index in [1.807, 2.05) is 13.0 Å². The van der Waals surface area contributed by atoms with Gasteiger partial charge in [0.05, 0.1) is 7.11 Å². The van der Waals surface area contributed by atoms with Gasteiger partial charge >= 0.3 is 0 Å². The molecule has 0 aliphatic heterocycles. The average Bonchev–Trinajstić information content (AvgIpc) is 2.83. The lowest BCUT2D eigenvalue weighted by atomic mass is 9.94. The van der Waals surface area contributed by atoms with Crippen molar-refractivity contribution in [1.29, 1.82) is 0 Å². The number of methoxy groups -OCH3 is 1. The van der Waals surface area contributed by atoms with Crippen LogP contribution < -0.4 is 4.74 Å².